The predicted octanol–water partition coefficient (Wildman–Crippen LogP) is 2.58. The number of hydrogen-bond acceptors (Lipinski definition) is 2. The quantitative estimate of drug-likeness (QED) is 0.775. The summed E-state index contributed by atoms with van der Waals surface area (Å²) >= 11 is 0. The molecule has 0 saturated heterocycles. The molecule has 1 aromatic heterocycles. The van der Waals surface area contributed by atoms with Crippen molar-refractivity contribution in [3.63, 3.8) is 0 Å². The molecule has 0 aromatic carbocycles. The van der Waals surface area contributed by atoms with E-state index in [9.17, 15) is 4.79 Å². The summed E-state index contributed by atoms with van der Waals surface area (Å²) in [5.74, 6) is 0.701. The summed E-state index contributed by atoms with van der Waals surface area (Å²) in [5.41, 5.74) is 1.09. The minimum atomic E-state index is -0.163. The summed E-state index contributed by atoms with van der Waals surface area (Å²) in [7, 11) is 0. The van der Waals surface area contributed by atoms with Gasteiger partial charge in [-0.15, -0.1) is 0 Å². The van der Waals surface area contributed by atoms with E-state index in [1.165, 1.54) is 0 Å². The van der Waals surface area contributed by atoms with Gasteiger partial charge in [-0.1, -0.05) is 39.5 Å². The second-order valence-corrected chi connectivity index (χ2v) is 4.77. The summed E-state index contributed by atoms with van der Waals surface area (Å²) < 4.78 is 0. The molecule has 0 atom stereocenters. The second kappa shape index (κ2) is 4.47. The molecule has 16 heavy (non-hydrogen) atoms. The van der Waals surface area contributed by atoms with Gasteiger partial charge in [-0.3, -0.25) is 4.79 Å². The van der Waals surface area contributed by atoms with E-state index < -0.39 is 0 Å². The number of nitrogens with one attached hydrogen (secondary N) is 1. The van der Waals surface area contributed by atoms with Crippen LogP contribution in [0.2, 0.25) is 0 Å². The molecule has 0 spiro atoms. The number of hydrogen-bond donors (Lipinski definition) is 1. The maximum absolute atomic E-state index is 11.7. The summed E-state index contributed by atoms with van der Waals surface area (Å²) in [5, 5.41) is 0. The fourth-order valence-corrected chi connectivity index (χ4v) is 1.23. The molecule has 3 heteroatoms. The topological polar surface area (TPSA) is 45.8 Å². The highest BCUT2D eigenvalue weighted by Crippen LogP contribution is 2.17. The van der Waals surface area contributed by atoms with E-state index in [-0.39, 0.29) is 11.0 Å². The Morgan fingerprint density at radius 1 is 1.38 bits per heavy atom. The molecule has 0 aliphatic rings. The highest BCUT2D eigenvalue weighted by atomic mass is 16.1. The first-order valence-electron chi connectivity index (χ1n) is 5.26. The van der Waals surface area contributed by atoms with E-state index in [1.807, 2.05) is 20.8 Å². The summed E-state index contributed by atoms with van der Waals surface area (Å²) in [6.07, 6.45) is 5.24. The normalized spacial score (nSPS) is 12.0. The molecular formula is C13H18N2O. The average molecular weight is 218 g/mol. The molecule has 0 aliphatic carbocycles. The van der Waals surface area contributed by atoms with Crippen molar-refractivity contribution < 1.29 is 0 Å². The molecule has 0 fully saturated rings. The average Bonchev–Trinajstić information content (AvgIpc) is 2.18. The third kappa shape index (κ3) is 2.69. The fourth-order valence-electron chi connectivity index (χ4n) is 1.23. The number of aromatic amines is 1. The third-order valence-electron chi connectivity index (χ3n) is 2.29. The first kappa shape index (κ1) is 12.4. The van der Waals surface area contributed by atoms with Gasteiger partial charge in [-0.05, 0) is 13.0 Å². The van der Waals surface area contributed by atoms with Crippen molar-refractivity contribution in [3.8, 4) is 0 Å². The van der Waals surface area contributed by atoms with Crippen LogP contribution in [0.4, 0.5) is 0 Å². The van der Waals surface area contributed by atoms with Crippen LogP contribution in [-0.2, 0) is 5.41 Å². The molecule has 0 aliphatic heterocycles. The monoisotopic (exact) mass is 218 g/mol. The molecule has 1 rings (SSSR count). The van der Waals surface area contributed by atoms with Crippen LogP contribution in [0.3, 0.4) is 0 Å². The van der Waals surface area contributed by atoms with Gasteiger partial charge >= 0.3 is 0 Å². The lowest BCUT2D eigenvalue weighted by atomic mass is 9.95. The van der Waals surface area contributed by atoms with Crippen molar-refractivity contribution in [2.45, 2.75) is 33.1 Å². The number of aromatic nitrogens is 2. The van der Waals surface area contributed by atoms with Crippen molar-refractivity contribution in [3.05, 3.63) is 46.2 Å². The molecule has 86 valence electrons. The van der Waals surface area contributed by atoms with Crippen LogP contribution in [0.5, 0.6) is 0 Å². The zero-order valence-electron chi connectivity index (χ0n) is 10.3. The van der Waals surface area contributed by atoms with Gasteiger partial charge in [-0.25, -0.2) is 4.98 Å². The largest absolute Gasteiger partial charge is 0.310 e. The minimum absolute atomic E-state index is 0.0800. The predicted molar refractivity (Wildman–Crippen MR) is 67.5 cm³/mol. The number of rotatable bonds is 2. The number of allylic oxidation sites excluding steroid dienone is 2. The Bertz CT molecular complexity index is 476. The SMILES string of the molecule is C=C/C=C\c1nc(C(C)(C)C)[nH]c(=O)c1C. The van der Waals surface area contributed by atoms with Crippen LogP contribution >= 0.6 is 0 Å². The first-order valence-corrected chi connectivity index (χ1v) is 5.26. The molecule has 1 aromatic rings. The maximum atomic E-state index is 11.7. The Balaban J connectivity index is 3.39. The van der Waals surface area contributed by atoms with Crippen molar-refractivity contribution in [1.29, 1.82) is 0 Å². The smallest absolute Gasteiger partial charge is 0.254 e. The van der Waals surface area contributed by atoms with Gasteiger partial charge in [0.2, 0.25) is 0 Å². The highest BCUT2D eigenvalue weighted by Gasteiger charge is 2.18. The van der Waals surface area contributed by atoms with Crippen LogP contribution < -0.4 is 5.56 Å². The summed E-state index contributed by atoms with van der Waals surface area (Å²) in [6, 6.07) is 0. The lowest BCUT2D eigenvalue weighted by Crippen LogP contribution is -2.24. The number of nitrogens with zero attached hydrogens (tertiary/aromatic N) is 1. The van der Waals surface area contributed by atoms with E-state index in [4.69, 9.17) is 0 Å². The summed E-state index contributed by atoms with van der Waals surface area (Å²) in [4.78, 5) is 19.0. The van der Waals surface area contributed by atoms with Gasteiger partial charge in [0.25, 0.3) is 5.56 Å². The van der Waals surface area contributed by atoms with E-state index in [0.717, 1.165) is 0 Å². The zero-order valence-corrected chi connectivity index (χ0v) is 10.3. The van der Waals surface area contributed by atoms with Gasteiger partial charge in [0.1, 0.15) is 5.82 Å². The Morgan fingerprint density at radius 2 is 2.00 bits per heavy atom. The van der Waals surface area contributed by atoms with Crippen LogP contribution in [0.15, 0.2) is 23.5 Å². The van der Waals surface area contributed by atoms with E-state index in [2.05, 4.69) is 16.5 Å². The molecular weight excluding hydrogens is 200 g/mol. The van der Waals surface area contributed by atoms with Crippen LogP contribution in [0.25, 0.3) is 6.08 Å². The van der Waals surface area contributed by atoms with Gasteiger partial charge < -0.3 is 4.98 Å². The lowest BCUT2D eigenvalue weighted by molar-refractivity contribution is 0.541. The minimum Gasteiger partial charge on any atom is -0.310 e. The molecule has 1 heterocycles. The molecule has 3 nitrogen and oxygen atoms in total. The van der Waals surface area contributed by atoms with Crippen molar-refractivity contribution in [1.82, 2.24) is 9.97 Å². The molecule has 0 radical (unpaired) electrons. The highest BCUT2D eigenvalue weighted by molar-refractivity contribution is 5.50. The van der Waals surface area contributed by atoms with Crippen molar-refractivity contribution >= 4 is 6.08 Å². The Labute approximate surface area is 95.9 Å². The van der Waals surface area contributed by atoms with Crippen LogP contribution in [0, 0.1) is 6.92 Å². The van der Waals surface area contributed by atoms with Crippen molar-refractivity contribution in [2.24, 2.45) is 0 Å². The Morgan fingerprint density at radius 3 is 2.50 bits per heavy atom. The molecule has 0 bridgehead atoms. The summed E-state index contributed by atoms with van der Waals surface area (Å²) in [6.45, 7) is 11.4. The zero-order chi connectivity index (χ0) is 12.3. The molecule has 0 saturated carbocycles. The standard InChI is InChI=1S/C13H18N2O/c1-6-7-8-10-9(2)11(16)15-12(14-10)13(3,4)5/h6-8H,1H2,2-5H3,(H,14,15,16)/b8-7-. The van der Waals surface area contributed by atoms with E-state index in [1.54, 1.807) is 25.2 Å². The van der Waals surface area contributed by atoms with Crippen LogP contribution in [-0.4, -0.2) is 9.97 Å². The second-order valence-electron chi connectivity index (χ2n) is 4.77. The van der Waals surface area contributed by atoms with Crippen molar-refractivity contribution in [2.75, 3.05) is 0 Å². The maximum Gasteiger partial charge on any atom is 0.254 e. The lowest BCUT2D eigenvalue weighted by Gasteiger charge is -2.17. The molecule has 0 amide bonds. The molecule has 0 unspecified atom stereocenters. The van der Waals surface area contributed by atoms with E-state index in [0.29, 0.717) is 17.1 Å². The first-order chi connectivity index (χ1) is 7.36. The van der Waals surface area contributed by atoms with Gasteiger partial charge in [0, 0.05) is 11.0 Å². The number of H-pyrrole nitrogens is 1. The molecule has 1 N–H and O–H groups in total. The Kier molecular flexibility index (Phi) is 3.48. The Hall–Kier alpha value is -1.64. The third-order valence-corrected chi connectivity index (χ3v) is 2.29. The van der Waals surface area contributed by atoms with Gasteiger partial charge in [-0.2, -0.15) is 0 Å². The fraction of sp³-hybridized carbons (Fsp3) is 0.385. The van der Waals surface area contributed by atoms with Gasteiger partial charge in [0.15, 0.2) is 0 Å². The van der Waals surface area contributed by atoms with Gasteiger partial charge in [0.05, 0.1) is 5.69 Å². The van der Waals surface area contributed by atoms with Crippen LogP contribution in [0.1, 0.15) is 37.9 Å². The van der Waals surface area contributed by atoms with E-state index >= 15 is 0 Å².